The lowest BCUT2D eigenvalue weighted by Gasteiger charge is -2.34. The van der Waals surface area contributed by atoms with Gasteiger partial charge < -0.3 is 4.57 Å². The third-order valence-corrected chi connectivity index (χ3v) is 26.4. The van der Waals surface area contributed by atoms with Crippen LogP contribution in [0, 0.1) is 0 Å². The van der Waals surface area contributed by atoms with Crippen molar-refractivity contribution in [2.75, 3.05) is 0 Å². The zero-order valence-electron chi connectivity index (χ0n) is 45.0. The minimum absolute atomic E-state index is 0.605. The van der Waals surface area contributed by atoms with E-state index in [2.05, 4.69) is 337 Å². The summed E-state index contributed by atoms with van der Waals surface area (Å²) in [6.07, 6.45) is 0. The van der Waals surface area contributed by atoms with E-state index in [0.29, 0.717) is 5.95 Å². The fourth-order valence-electron chi connectivity index (χ4n) is 13.4. The number of para-hydroxylation sites is 3. The SMILES string of the molecule is c1ccc(-n2c3ccccc3c3c2ccc2c4ccccc4n(-c4nc(-c5cccc([Si](c6ccccc6)(c6ccccc6)c6ccccc6)c5)cc(-c5cccc([Si](c6ccccc6)(c6ccccc6)c6ccccc6)c5)n4)c23)cc1. The molecule has 82 heavy (non-hydrogen) atoms. The summed E-state index contributed by atoms with van der Waals surface area (Å²) in [5.74, 6) is 0.605. The van der Waals surface area contributed by atoms with Crippen LogP contribution < -0.4 is 41.5 Å². The number of nitrogens with zero attached hydrogens (tertiary/aromatic N) is 4. The highest BCUT2D eigenvalue weighted by Gasteiger charge is 2.43. The largest absolute Gasteiger partial charge is 0.309 e. The van der Waals surface area contributed by atoms with Gasteiger partial charge in [-0.15, -0.1) is 0 Å². The monoisotopic (exact) mass is 1080 g/mol. The molecule has 3 aromatic heterocycles. The van der Waals surface area contributed by atoms with Crippen LogP contribution in [0.2, 0.25) is 0 Å². The van der Waals surface area contributed by atoms with Crippen molar-refractivity contribution in [3.63, 3.8) is 0 Å². The highest BCUT2D eigenvalue weighted by Crippen LogP contribution is 2.42. The molecule has 0 atom stereocenters. The van der Waals surface area contributed by atoms with E-state index in [1.165, 1.54) is 46.9 Å². The smallest absolute Gasteiger partial charge is 0.235 e. The van der Waals surface area contributed by atoms with E-state index in [4.69, 9.17) is 9.97 Å². The van der Waals surface area contributed by atoms with Crippen molar-refractivity contribution in [1.82, 2.24) is 19.1 Å². The van der Waals surface area contributed by atoms with Gasteiger partial charge >= 0.3 is 0 Å². The van der Waals surface area contributed by atoms with Gasteiger partial charge in [0.1, 0.15) is 0 Å². The Hall–Kier alpha value is -10.2. The van der Waals surface area contributed by atoms with Gasteiger partial charge in [0, 0.05) is 38.4 Å². The first kappa shape index (κ1) is 48.8. The zero-order chi connectivity index (χ0) is 54.5. The van der Waals surface area contributed by atoms with E-state index >= 15 is 0 Å². The van der Waals surface area contributed by atoms with Crippen molar-refractivity contribution in [2.24, 2.45) is 0 Å². The van der Waals surface area contributed by atoms with Crippen LogP contribution in [0.4, 0.5) is 0 Å². The van der Waals surface area contributed by atoms with Crippen LogP contribution in [0.1, 0.15) is 0 Å². The topological polar surface area (TPSA) is 35.6 Å². The molecule has 0 saturated carbocycles. The molecule has 3 heterocycles. The van der Waals surface area contributed by atoms with Crippen LogP contribution in [-0.2, 0) is 0 Å². The number of hydrogen-bond donors (Lipinski definition) is 0. The lowest BCUT2D eigenvalue weighted by Crippen LogP contribution is -2.74. The molecule has 0 N–H and O–H groups in total. The first-order valence-electron chi connectivity index (χ1n) is 28.1. The average molecular weight is 1080 g/mol. The number of hydrogen-bond acceptors (Lipinski definition) is 2. The van der Waals surface area contributed by atoms with Gasteiger partial charge in [0.2, 0.25) is 5.95 Å². The Labute approximate surface area is 479 Å². The van der Waals surface area contributed by atoms with Gasteiger partial charge in [-0.25, -0.2) is 9.97 Å². The van der Waals surface area contributed by atoms with E-state index in [0.717, 1.165) is 66.4 Å². The van der Waals surface area contributed by atoms with Gasteiger partial charge in [-0.2, -0.15) is 0 Å². The number of rotatable bonds is 12. The molecule has 4 nitrogen and oxygen atoms in total. The number of fused-ring (bicyclic) bond motifs is 7. The van der Waals surface area contributed by atoms with E-state index in [9.17, 15) is 0 Å². The van der Waals surface area contributed by atoms with E-state index in [1.54, 1.807) is 0 Å². The number of benzene rings is 12. The molecule has 386 valence electrons. The van der Waals surface area contributed by atoms with Crippen molar-refractivity contribution in [2.45, 2.75) is 0 Å². The third-order valence-electron chi connectivity index (χ3n) is 16.8. The van der Waals surface area contributed by atoms with Crippen molar-refractivity contribution in [1.29, 1.82) is 0 Å². The normalized spacial score (nSPS) is 11.9. The molecule has 0 fully saturated rings. The fraction of sp³-hybridized carbons (Fsp3) is 0. The summed E-state index contributed by atoms with van der Waals surface area (Å²) >= 11 is 0. The van der Waals surface area contributed by atoms with Gasteiger partial charge in [0.25, 0.3) is 0 Å². The van der Waals surface area contributed by atoms with Crippen molar-refractivity contribution >= 4 is 101 Å². The third kappa shape index (κ3) is 7.86. The van der Waals surface area contributed by atoms with E-state index < -0.39 is 16.1 Å². The van der Waals surface area contributed by atoms with Crippen LogP contribution >= 0.6 is 0 Å². The van der Waals surface area contributed by atoms with Crippen LogP contribution in [0.25, 0.3) is 77.8 Å². The van der Waals surface area contributed by atoms with Crippen LogP contribution in [0.15, 0.2) is 328 Å². The second kappa shape index (κ2) is 20.4. The van der Waals surface area contributed by atoms with Crippen LogP contribution in [0.3, 0.4) is 0 Å². The minimum atomic E-state index is -2.93. The molecule has 0 aliphatic carbocycles. The summed E-state index contributed by atoms with van der Waals surface area (Å²) < 4.78 is 4.75. The van der Waals surface area contributed by atoms with Gasteiger partial charge in [-0.3, -0.25) is 4.57 Å². The standard InChI is InChI=1S/C76H54N4Si2/c1-8-30-57(31-9-1)79-72-49-25-23-47-68(72)74-73(79)51-50-67-66-46-22-24-48-71(66)80(75(67)74)76-77-69(55-28-26-44-64(52-55)81(58-32-10-2-11-33-58,59-34-12-3-13-35-59)60-36-14-4-15-37-60)54-70(78-76)56-29-27-45-65(53-56)82(61-38-16-5-17-39-61,62-40-18-6-19-41-62)63-42-20-7-21-43-63/h1-54H. The average Bonchev–Trinajstić information content (AvgIpc) is 3.18. The Morgan fingerprint density at radius 1 is 0.244 bits per heavy atom. The molecule has 0 saturated heterocycles. The minimum Gasteiger partial charge on any atom is -0.309 e. The molecule has 0 bridgehead atoms. The molecule has 0 aliphatic rings. The molecule has 12 aromatic carbocycles. The highest BCUT2D eigenvalue weighted by atomic mass is 28.3. The summed E-state index contributed by atoms with van der Waals surface area (Å²) in [5, 5.41) is 15.1. The maximum absolute atomic E-state index is 5.85. The van der Waals surface area contributed by atoms with Gasteiger partial charge in [0.15, 0.2) is 16.1 Å². The molecule has 0 amide bonds. The maximum atomic E-state index is 5.85. The lowest BCUT2D eigenvalue weighted by molar-refractivity contribution is 0.998. The van der Waals surface area contributed by atoms with Crippen molar-refractivity contribution < 1.29 is 0 Å². The molecular formula is C76H54N4Si2. The van der Waals surface area contributed by atoms with Gasteiger partial charge in [-0.05, 0) is 77.9 Å². The van der Waals surface area contributed by atoms with Crippen molar-refractivity contribution in [3.8, 4) is 34.2 Å². The molecule has 0 radical (unpaired) electrons. The summed E-state index contributed by atoms with van der Waals surface area (Å²) in [6, 6.07) is 121. The molecule has 15 aromatic rings. The second-order valence-electron chi connectivity index (χ2n) is 21.2. The Kier molecular flexibility index (Phi) is 12.2. The first-order valence-corrected chi connectivity index (χ1v) is 32.1. The van der Waals surface area contributed by atoms with Crippen LogP contribution in [0.5, 0.6) is 0 Å². The molecule has 0 unspecified atom stereocenters. The van der Waals surface area contributed by atoms with Gasteiger partial charge in [-0.1, -0.05) is 291 Å². The lowest BCUT2D eigenvalue weighted by atomic mass is 10.1. The van der Waals surface area contributed by atoms with Crippen molar-refractivity contribution in [3.05, 3.63) is 328 Å². The highest BCUT2D eigenvalue weighted by molar-refractivity contribution is 7.20. The predicted molar refractivity (Wildman–Crippen MR) is 349 cm³/mol. The fourth-order valence-corrected chi connectivity index (χ4v) is 22.9. The van der Waals surface area contributed by atoms with E-state index in [1.807, 2.05) is 0 Å². The van der Waals surface area contributed by atoms with Gasteiger partial charge in [0.05, 0.1) is 33.5 Å². The number of aromatic nitrogens is 4. The molecular weight excluding hydrogens is 1030 g/mol. The Balaban J connectivity index is 1.04. The second-order valence-corrected chi connectivity index (χ2v) is 28.8. The summed E-state index contributed by atoms with van der Waals surface area (Å²) in [4.78, 5) is 11.7. The zero-order valence-corrected chi connectivity index (χ0v) is 47.0. The van der Waals surface area contributed by atoms with E-state index in [-0.39, 0.29) is 0 Å². The molecule has 0 aliphatic heterocycles. The molecule has 15 rings (SSSR count). The summed E-state index contributed by atoms with van der Waals surface area (Å²) in [7, 11) is -5.87. The Morgan fingerprint density at radius 2 is 0.598 bits per heavy atom. The quantitative estimate of drug-likeness (QED) is 0.0903. The Bertz CT molecular complexity index is 4400. The summed E-state index contributed by atoms with van der Waals surface area (Å²) in [5.41, 5.74) is 9.20. The predicted octanol–water partition coefficient (Wildman–Crippen LogP) is 12.8. The van der Waals surface area contributed by atoms with Crippen LogP contribution in [-0.4, -0.2) is 35.2 Å². The molecule has 6 heteroatoms. The Morgan fingerprint density at radius 3 is 1.02 bits per heavy atom. The maximum Gasteiger partial charge on any atom is 0.235 e. The molecule has 0 spiro atoms. The summed E-state index contributed by atoms with van der Waals surface area (Å²) in [6.45, 7) is 0. The first-order chi connectivity index (χ1) is 40.7.